The van der Waals surface area contributed by atoms with Crippen LogP contribution >= 0.6 is 23.6 Å². The third-order valence-electron chi connectivity index (χ3n) is 6.77. The monoisotopic (exact) mass is 598 g/mol. The number of ether oxygens (including phenoxy) is 2. The van der Waals surface area contributed by atoms with Crippen LogP contribution in [-0.4, -0.2) is 42.3 Å². The second kappa shape index (κ2) is 12.6. The molecule has 212 valence electrons. The van der Waals surface area contributed by atoms with E-state index in [1.54, 1.807) is 29.7 Å². The quantitative estimate of drug-likeness (QED) is 0.200. The highest BCUT2D eigenvalue weighted by molar-refractivity contribution is 7.80. The van der Waals surface area contributed by atoms with E-state index in [0.717, 1.165) is 52.5 Å². The number of pyridine rings is 1. The molecule has 7 nitrogen and oxygen atoms in total. The van der Waals surface area contributed by atoms with Gasteiger partial charge in [0.2, 0.25) is 5.91 Å². The Morgan fingerprint density at radius 2 is 1.79 bits per heavy atom. The zero-order valence-corrected chi connectivity index (χ0v) is 24.1. The van der Waals surface area contributed by atoms with Crippen LogP contribution in [0, 0.1) is 5.82 Å². The molecule has 0 unspecified atom stereocenters. The molecule has 3 aromatic carbocycles. The molecule has 0 bridgehead atoms. The summed E-state index contributed by atoms with van der Waals surface area (Å²) < 4.78 is 27.4. The summed E-state index contributed by atoms with van der Waals surface area (Å²) in [7, 11) is 0. The summed E-state index contributed by atoms with van der Waals surface area (Å²) in [5, 5.41) is 5.56. The normalized spacial score (nSPS) is 13.1. The Hall–Kier alpha value is -4.38. The second-order valence-corrected chi connectivity index (χ2v) is 11.2. The van der Waals surface area contributed by atoms with Gasteiger partial charge in [0.05, 0.1) is 29.9 Å². The third-order valence-corrected chi connectivity index (χ3v) is 8.17. The number of nitrogens with zero attached hydrogens (tertiary/aromatic N) is 2. The number of halogens is 1. The summed E-state index contributed by atoms with van der Waals surface area (Å²) in [6.07, 6.45) is 1.84. The number of carbonyl (C=O) groups is 1. The first kappa shape index (κ1) is 27.8. The van der Waals surface area contributed by atoms with Crippen molar-refractivity contribution in [2.75, 3.05) is 36.5 Å². The van der Waals surface area contributed by atoms with Gasteiger partial charge in [-0.25, -0.2) is 4.39 Å². The van der Waals surface area contributed by atoms with Crippen LogP contribution < -0.4 is 20.3 Å². The molecule has 0 spiro atoms. The first-order valence-electron chi connectivity index (χ1n) is 13.5. The average Bonchev–Trinajstić information content (AvgIpc) is 3.45. The van der Waals surface area contributed by atoms with E-state index in [2.05, 4.69) is 44.8 Å². The fourth-order valence-corrected chi connectivity index (χ4v) is 5.99. The number of hydrogen-bond acceptors (Lipinski definition) is 7. The molecule has 1 saturated heterocycles. The van der Waals surface area contributed by atoms with Gasteiger partial charge in [0.25, 0.3) is 0 Å². The van der Waals surface area contributed by atoms with Crippen LogP contribution in [0.3, 0.4) is 0 Å². The lowest BCUT2D eigenvalue weighted by Crippen LogP contribution is -2.36. The highest BCUT2D eigenvalue weighted by Crippen LogP contribution is 2.40. The Labute approximate surface area is 251 Å². The van der Waals surface area contributed by atoms with Crippen molar-refractivity contribution in [3.05, 3.63) is 103 Å². The second-order valence-electron chi connectivity index (χ2n) is 9.69. The molecule has 0 saturated carbocycles. The Morgan fingerprint density at radius 3 is 2.55 bits per heavy atom. The predicted molar refractivity (Wildman–Crippen MR) is 169 cm³/mol. The predicted octanol–water partition coefficient (Wildman–Crippen LogP) is 6.79. The first-order valence-corrected chi connectivity index (χ1v) is 14.7. The zero-order valence-electron chi connectivity index (χ0n) is 22.5. The largest absolute Gasteiger partial charge is 0.453 e. The summed E-state index contributed by atoms with van der Waals surface area (Å²) in [4.78, 5) is 20.1. The lowest BCUT2D eigenvalue weighted by molar-refractivity contribution is -0.119. The molecule has 0 aliphatic carbocycles. The molecule has 1 aliphatic heterocycles. The van der Waals surface area contributed by atoms with Crippen LogP contribution in [0.2, 0.25) is 0 Å². The zero-order chi connectivity index (χ0) is 28.9. The van der Waals surface area contributed by atoms with E-state index in [9.17, 15) is 4.79 Å². The third kappa shape index (κ3) is 6.57. The molecule has 1 amide bonds. The number of hydrogen-bond donors (Lipinski definition) is 2. The van der Waals surface area contributed by atoms with Crippen molar-refractivity contribution in [1.82, 2.24) is 10.3 Å². The van der Waals surface area contributed by atoms with Gasteiger partial charge in [0, 0.05) is 47.7 Å². The molecule has 1 aliphatic rings. The molecule has 5 aromatic rings. The van der Waals surface area contributed by atoms with Gasteiger partial charge in [-0.2, -0.15) is 0 Å². The Kier molecular flexibility index (Phi) is 8.36. The van der Waals surface area contributed by atoms with Gasteiger partial charge in [0.15, 0.2) is 16.7 Å². The van der Waals surface area contributed by atoms with E-state index in [4.69, 9.17) is 21.7 Å². The van der Waals surface area contributed by atoms with Crippen molar-refractivity contribution in [3.63, 3.8) is 0 Å². The summed E-state index contributed by atoms with van der Waals surface area (Å²) in [5.74, 6) is -0.246. The lowest BCUT2D eigenvalue weighted by atomic mass is 10.1. The van der Waals surface area contributed by atoms with Crippen molar-refractivity contribution in [2.45, 2.75) is 6.42 Å². The van der Waals surface area contributed by atoms with Gasteiger partial charge in [-0.3, -0.25) is 9.78 Å². The molecule has 3 heterocycles. The van der Waals surface area contributed by atoms with Gasteiger partial charge in [0.1, 0.15) is 5.75 Å². The van der Waals surface area contributed by atoms with Gasteiger partial charge < -0.3 is 25.0 Å². The molecule has 1 fully saturated rings. The van der Waals surface area contributed by atoms with Crippen LogP contribution in [0.4, 0.5) is 15.8 Å². The number of anilines is 2. The summed E-state index contributed by atoms with van der Waals surface area (Å²) >= 11 is 6.78. The Morgan fingerprint density at radius 1 is 1.00 bits per heavy atom. The number of thiocarbonyl (C=S) groups is 1. The maximum Gasteiger partial charge on any atom is 0.230 e. The van der Waals surface area contributed by atoms with E-state index in [-0.39, 0.29) is 23.2 Å². The standard InChI is InChI=1S/C32H27FN4O3S2/c33-25-19-23(35-32(41)36-30(38)18-21-4-2-1-3-5-21)8-11-27(25)40-28-12-13-34-26-20-29(42-31(26)28)22-6-9-24(10-7-22)37-14-16-39-17-15-37/h1-13,19-20H,14-18H2,(H2,35,36,38,41). The van der Waals surface area contributed by atoms with Crippen LogP contribution in [0.5, 0.6) is 11.5 Å². The van der Waals surface area contributed by atoms with Gasteiger partial charge in [-0.1, -0.05) is 42.5 Å². The Balaban J connectivity index is 1.12. The van der Waals surface area contributed by atoms with Gasteiger partial charge in [-0.15, -0.1) is 11.3 Å². The number of aromatic nitrogens is 1. The van der Waals surface area contributed by atoms with Crippen molar-refractivity contribution in [3.8, 4) is 21.9 Å². The lowest BCUT2D eigenvalue weighted by Gasteiger charge is -2.28. The maximum absolute atomic E-state index is 15.1. The topological polar surface area (TPSA) is 75.7 Å². The van der Waals surface area contributed by atoms with Crippen molar-refractivity contribution in [1.29, 1.82) is 0 Å². The number of amides is 1. The molecule has 0 atom stereocenters. The number of benzene rings is 3. The molecular formula is C32H27FN4O3S2. The molecule has 6 rings (SSSR count). The molecule has 2 aromatic heterocycles. The fourth-order valence-electron chi connectivity index (χ4n) is 4.69. The van der Waals surface area contributed by atoms with Crippen molar-refractivity contribution in [2.24, 2.45) is 0 Å². The number of morpholine rings is 1. The smallest absolute Gasteiger partial charge is 0.230 e. The van der Waals surface area contributed by atoms with E-state index in [1.165, 1.54) is 17.8 Å². The fraction of sp³-hybridized carbons (Fsp3) is 0.156. The minimum absolute atomic E-state index is 0.0666. The summed E-state index contributed by atoms with van der Waals surface area (Å²) in [5.41, 5.74) is 4.29. The van der Waals surface area contributed by atoms with Crippen LogP contribution in [0.25, 0.3) is 20.7 Å². The van der Waals surface area contributed by atoms with Crippen LogP contribution in [0.1, 0.15) is 5.56 Å². The van der Waals surface area contributed by atoms with E-state index in [1.807, 2.05) is 36.4 Å². The molecule has 10 heteroatoms. The van der Waals surface area contributed by atoms with E-state index >= 15 is 4.39 Å². The number of carbonyl (C=O) groups excluding carboxylic acids is 1. The van der Waals surface area contributed by atoms with Gasteiger partial charge in [-0.05, 0) is 53.7 Å². The van der Waals surface area contributed by atoms with E-state index < -0.39 is 5.82 Å². The SMILES string of the molecule is O=C(Cc1ccccc1)NC(=S)Nc1ccc(Oc2ccnc3cc(-c4ccc(N5CCOCC5)cc4)sc23)c(F)c1. The summed E-state index contributed by atoms with van der Waals surface area (Å²) in [6.45, 7) is 3.26. The van der Waals surface area contributed by atoms with Crippen molar-refractivity contribution < 1.29 is 18.7 Å². The average molecular weight is 599 g/mol. The molecule has 42 heavy (non-hydrogen) atoms. The number of thiophene rings is 1. The molecule has 2 N–H and O–H groups in total. The minimum atomic E-state index is -0.571. The van der Waals surface area contributed by atoms with E-state index in [0.29, 0.717) is 11.4 Å². The van der Waals surface area contributed by atoms with Gasteiger partial charge >= 0.3 is 0 Å². The number of rotatable bonds is 7. The highest BCUT2D eigenvalue weighted by atomic mass is 32.1. The van der Waals surface area contributed by atoms with Crippen LogP contribution in [-0.2, 0) is 16.0 Å². The molecular weight excluding hydrogens is 572 g/mol. The first-order chi connectivity index (χ1) is 20.5. The Bertz CT molecular complexity index is 1720. The highest BCUT2D eigenvalue weighted by Gasteiger charge is 2.15. The maximum atomic E-state index is 15.1. The number of fused-ring (bicyclic) bond motifs is 1. The number of nitrogens with one attached hydrogen (secondary N) is 2. The van der Waals surface area contributed by atoms with Crippen LogP contribution in [0.15, 0.2) is 91.1 Å². The molecule has 0 radical (unpaired) electrons. The summed E-state index contributed by atoms with van der Waals surface area (Å²) in [6, 6.07) is 26.0. The van der Waals surface area contributed by atoms with Crippen molar-refractivity contribution >= 4 is 56.2 Å². The minimum Gasteiger partial charge on any atom is -0.453 e.